The van der Waals surface area contributed by atoms with E-state index >= 15 is 0 Å². The molecule has 0 aliphatic rings. The summed E-state index contributed by atoms with van der Waals surface area (Å²) in [5.41, 5.74) is 0.576. The second-order valence-corrected chi connectivity index (χ2v) is 10.3. The van der Waals surface area contributed by atoms with Crippen LogP contribution in [0, 0.1) is 23.2 Å². The van der Waals surface area contributed by atoms with Crippen LogP contribution in [0.3, 0.4) is 0 Å². The highest BCUT2D eigenvalue weighted by atomic mass is 32.1. The Labute approximate surface area is 89.6 Å². The van der Waals surface area contributed by atoms with E-state index in [1.54, 1.807) is 18.3 Å². The Kier molecular flexibility index (Phi) is 3.10. The summed E-state index contributed by atoms with van der Waals surface area (Å²) in [4.78, 5) is 4.20. The molecule has 0 spiro atoms. The fourth-order valence-corrected chi connectivity index (χ4v) is 4.07. The van der Waals surface area contributed by atoms with Crippen LogP contribution in [0.5, 0.6) is 0 Å². The minimum Gasteiger partial charge on any atom is -0.217 e. The Morgan fingerprint density at radius 3 is 2.36 bits per heavy atom. The predicted octanol–water partition coefficient (Wildman–Crippen LogP) is 1.93. The molecule has 0 saturated carbocycles. The molecule has 72 valence electrons. The van der Waals surface area contributed by atoms with Gasteiger partial charge in [0, 0.05) is 4.50 Å². The maximum atomic E-state index is 8.93. The fourth-order valence-electron chi connectivity index (χ4n) is 1.06. The number of thiazole rings is 1. The van der Waals surface area contributed by atoms with Crippen LogP contribution in [0.1, 0.15) is 17.6 Å². The maximum Gasteiger partial charge on any atom is 0.168 e. The van der Waals surface area contributed by atoms with Gasteiger partial charge in [0.1, 0.15) is 6.07 Å². The molecular weight excluding hydrogens is 208 g/mol. The largest absolute Gasteiger partial charge is 0.217 e. The Morgan fingerprint density at radius 2 is 2.00 bits per heavy atom. The lowest BCUT2D eigenvalue weighted by molar-refractivity contribution is 1.32. The van der Waals surface area contributed by atoms with Crippen LogP contribution < -0.4 is 4.50 Å². The third kappa shape index (κ3) is 2.23. The Hall–Kier alpha value is -1.10. The molecule has 0 aromatic carbocycles. The van der Waals surface area contributed by atoms with E-state index in [1.165, 1.54) is 0 Å². The van der Waals surface area contributed by atoms with Crippen molar-refractivity contribution in [1.82, 2.24) is 4.98 Å². The van der Waals surface area contributed by atoms with Gasteiger partial charge in [0.2, 0.25) is 0 Å². The molecule has 0 N–H and O–H groups in total. The normalized spacial score (nSPS) is 10.2. The molecule has 1 rings (SSSR count). The van der Waals surface area contributed by atoms with Gasteiger partial charge in [-0.15, -0.1) is 11.3 Å². The Bertz CT molecular complexity index is 437. The monoisotopic (exact) mass is 220 g/mol. The number of aromatic nitrogens is 1. The Morgan fingerprint density at radius 1 is 1.36 bits per heavy atom. The van der Waals surface area contributed by atoms with Gasteiger partial charge in [-0.1, -0.05) is 25.6 Å². The first-order chi connectivity index (χ1) is 6.49. The van der Waals surface area contributed by atoms with E-state index in [0.29, 0.717) is 5.69 Å². The van der Waals surface area contributed by atoms with E-state index in [4.69, 9.17) is 5.26 Å². The van der Waals surface area contributed by atoms with E-state index in [2.05, 4.69) is 42.5 Å². The molecule has 4 heteroatoms. The van der Waals surface area contributed by atoms with Crippen LogP contribution in [0.2, 0.25) is 19.6 Å². The topological polar surface area (TPSA) is 36.7 Å². The van der Waals surface area contributed by atoms with Crippen molar-refractivity contribution in [3.8, 4) is 17.9 Å². The van der Waals surface area contributed by atoms with E-state index in [1.807, 2.05) is 0 Å². The lowest BCUT2D eigenvalue weighted by atomic mass is 10.5. The summed E-state index contributed by atoms with van der Waals surface area (Å²) in [5.74, 6) is 5.71. The van der Waals surface area contributed by atoms with Gasteiger partial charge in [-0.3, -0.25) is 0 Å². The van der Waals surface area contributed by atoms with E-state index in [0.717, 1.165) is 9.51 Å². The van der Waals surface area contributed by atoms with Crippen LogP contribution in [-0.4, -0.2) is 13.1 Å². The summed E-state index contributed by atoms with van der Waals surface area (Å²) < 4.78 is 1.15. The van der Waals surface area contributed by atoms with Crippen LogP contribution in [-0.2, 0) is 0 Å². The number of nitrogens with zero attached hydrogens (tertiary/aromatic N) is 2. The molecule has 0 unspecified atom stereocenters. The second-order valence-electron chi connectivity index (χ2n) is 3.93. The van der Waals surface area contributed by atoms with Crippen molar-refractivity contribution in [2.24, 2.45) is 0 Å². The summed E-state index contributed by atoms with van der Waals surface area (Å²) in [6.45, 7) is 8.42. The van der Waals surface area contributed by atoms with Crippen molar-refractivity contribution >= 4 is 23.9 Å². The predicted molar refractivity (Wildman–Crippen MR) is 62.4 cm³/mol. The van der Waals surface area contributed by atoms with E-state index in [-0.39, 0.29) is 0 Å². The molecule has 0 aliphatic carbocycles. The number of rotatable bonds is 1. The van der Waals surface area contributed by atoms with E-state index in [9.17, 15) is 0 Å². The highest BCUT2D eigenvalue weighted by Gasteiger charge is 2.24. The molecule has 1 heterocycles. The molecule has 1 aromatic heterocycles. The smallest absolute Gasteiger partial charge is 0.168 e. The number of hydrogen-bond donors (Lipinski definition) is 0. The van der Waals surface area contributed by atoms with Crippen molar-refractivity contribution in [3.05, 3.63) is 10.7 Å². The van der Waals surface area contributed by atoms with Gasteiger partial charge in [-0.25, -0.2) is 4.98 Å². The van der Waals surface area contributed by atoms with E-state index < -0.39 is 8.07 Å². The standard InChI is InChI=1S/C10H12N2SSi/c1-5-6-9-12-8(7-11)10(13-9)14(2,3)4/h1-4H3. The molecule has 0 aliphatic heterocycles. The zero-order valence-electron chi connectivity index (χ0n) is 8.80. The molecule has 14 heavy (non-hydrogen) atoms. The highest BCUT2D eigenvalue weighted by molar-refractivity contribution is 7.26. The fraction of sp³-hybridized carbons (Fsp3) is 0.400. The summed E-state index contributed by atoms with van der Waals surface area (Å²) in [6, 6.07) is 2.15. The SMILES string of the molecule is CC#Cc1nc(C#N)c([Si](C)(C)C)s1. The molecule has 0 bridgehead atoms. The van der Waals surface area contributed by atoms with Crippen molar-refractivity contribution < 1.29 is 0 Å². The first-order valence-corrected chi connectivity index (χ1v) is 8.65. The average Bonchev–Trinajstić information content (AvgIpc) is 2.47. The molecule has 0 atom stereocenters. The minimum absolute atomic E-state index is 0.576. The number of hydrogen-bond acceptors (Lipinski definition) is 3. The van der Waals surface area contributed by atoms with Gasteiger partial charge in [0.05, 0.1) is 8.07 Å². The molecular formula is C10H12N2SSi. The van der Waals surface area contributed by atoms with Crippen LogP contribution in [0.25, 0.3) is 0 Å². The van der Waals surface area contributed by atoms with Gasteiger partial charge < -0.3 is 0 Å². The van der Waals surface area contributed by atoms with Gasteiger partial charge in [-0.2, -0.15) is 5.26 Å². The summed E-state index contributed by atoms with van der Waals surface area (Å²) in [7, 11) is -1.44. The van der Waals surface area contributed by atoms with Crippen molar-refractivity contribution in [1.29, 1.82) is 5.26 Å². The zero-order valence-corrected chi connectivity index (χ0v) is 10.6. The maximum absolute atomic E-state index is 8.93. The van der Waals surface area contributed by atoms with Gasteiger partial charge in [0.25, 0.3) is 0 Å². The van der Waals surface area contributed by atoms with Gasteiger partial charge in [-0.05, 0) is 12.8 Å². The van der Waals surface area contributed by atoms with Crippen LogP contribution >= 0.6 is 11.3 Å². The summed E-state index contributed by atoms with van der Waals surface area (Å²) in [5, 5.41) is 9.70. The van der Waals surface area contributed by atoms with Gasteiger partial charge >= 0.3 is 0 Å². The first kappa shape index (κ1) is 11.0. The first-order valence-electron chi connectivity index (χ1n) is 4.33. The average molecular weight is 220 g/mol. The van der Waals surface area contributed by atoms with Crippen molar-refractivity contribution in [3.63, 3.8) is 0 Å². The molecule has 1 aromatic rings. The lowest BCUT2D eigenvalue weighted by Gasteiger charge is -2.12. The Balaban J connectivity index is 3.29. The van der Waals surface area contributed by atoms with Crippen molar-refractivity contribution in [2.45, 2.75) is 26.6 Å². The van der Waals surface area contributed by atoms with Crippen molar-refractivity contribution in [2.75, 3.05) is 0 Å². The molecule has 0 fully saturated rings. The van der Waals surface area contributed by atoms with Crippen LogP contribution in [0.4, 0.5) is 0 Å². The lowest BCUT2D eigenvalue weighted by Crippen LogP contribution is -2.37. The zero-order chi connectivity index (χ0) is 10.8. The third-order valence-electron chi connectivity index (χ3n) is 1.65. The molecule has 0 radical (unpaired) electrons. The van der Waals surface area contributed by atoms with Gasteiger partial charge in [0.15, 0.2) is 10.7 Å². The second kappa shape index (κ2) is 3.96. The minimum atomic E-state index is -1.44. The molecule has 0 saturated heterocycles. The molecule has 2 nitrogen and oxygen atoms in total. The van der Waals surface area contributed by atoms with Crippen LogP contribution in [0.15, 0.2) is 0 Å². The molecule has 0 amide bonds. The quantitative estimate of drug-likeness (QED) is 0.535. The summed E-state index contributed by atoms with van der Waals surface area (Å²) >= 11 is 1.57. The number of nitriles is 1. The highest BCUT2D eigenvalue weighted by Crippen LogP contribution is 2.13. The summed E-state index contributed by atoms with van der Waals surface area (Å²) in [6.07, 6.45) is 0. The third-order valence-corrected chi connectivity index (χ3v) is 6.17.